The molecule has 144 valence electrons. The summed E-state index contributed by atoms with van der Waals surface area (Å²) in [7, 11) is 0. The summed E-state index contributed by atoms with van der Waals surface area (Å²) < 4.78 is 13.4. The van der Waals surface area contributed by atoms with E-state index in [2.05, 4.69) is 5.32 Å². The molecule has 0 bridgehead atoms. The number of aliphatic imine (C=N–C) groups is 2. The summed E-state index contributed by atoms with van der Waals surface area (Å²) in [6, 6.07) is 15.7. The van der Waals surface area contributed by atoms with E-state index in [9.17, 15) is 9.18 Å². The third-order valence-electron chi connectivity index (χ3n) is 5.00. The zero-order chi connectivity index (χ0) is 19.4. The van der Waals surface area contributed by atoms with E-state index in [4.69, 9.17) is 9.98 Å². The van der Waals surface area contributed by atoms with Crippen LogP contribution in [0, 0.1) is 5.82 Å². The Morgan fingerprint density at radius 2 is 1.71 bits per heavy atom. The molecule has 4 nitrogen and oxygen atoms in total. The molecule has 1 saturated carbocycles. The number of anilines is 1. The minimum atomic E-state index is -0.403. The maximum Gasteiger partial charge on any atom is 0.234 e. The van der Waals surface area contributed by atoms with E-state index in [0.717, 1.165) is 47.7 Å². The summed E-state index contributed by atoms with van der Waals surface area (Å²) >= 11 is 1.40. The molecule has 0 atom stereocenters. The number of carbonyl (C=O) groups excluding carboxylic acids is 1. The molecule has 4 rings (SSSR count). The third-order valence-corrected chi connectivity index (χ3v) is 5.97. The number of nitrogens with zero attached hydrogens (tertiary/aromatic N) is 2. The molecule has 2 aromatic carbocycles. The Kier molecular flexibility index (Phi) is 5.57. The van der Waals surface area contributed by atoms with Gasteiger partial charge in [0.2, 0.25) is 5.91 Å². The van der Waals surface area contributed by atoms with E-state index < -0.39 is 5.66 Å². The lowest BCUT2D eigenvalue weighted by Gasteiger charge is -2.27. The minimum absolute atomic E-state index is 0.0815. The average Bonchev–Trinajstić information content (AvgIpc) is 3.06. The van der Waals surface area contributed by atoms with Crippen molar-refractivity contribution in [2.45, 2.75) is 37.8 Å². The van der Waals surface area contributed by atoms with Crippen molar-refractivity contribution in [1.29, 1.82) is 0 Å². The van der Waals surface area contributed by atoms with E-state index in [-0.39, 0.29) is 17.5 Å². The number of amides is 1. The van der Waals surface area contributed by atoms with Crippen molar-refractivity contribution in [1.82, 2.24) is 0 Å². The first-order valence-corrected chi connectivity index (χ1v) is 10.6. The number of nitrogens with one attached hydrogen (secondary N) is 1. The number of hydrogen-bond acceptors (Lipinski definition) is 4. The first-order valence-electron chi connectivity index (χ1n) is 9.57. The molecule has 1 aliphatic carbocycles. The smallest absolute Gasteiger partial charge is 0.234 e. The molecule has 28 heavy (non-hydrogen) atoms. The fraction of sp³-hybridized carbons (Fsp3) is 0.318. The molecule has 1 N–H and O–H groups in total. The van der Waals surface area contributed by atoms with Gasteiger partial charge in [0, 0.05) is 11.3 Å². The average molecular weight is 396 g/mol. The van der Waals surface area contributed by atoms with E-state index in [0.29, 0.717) is 0 Å². The van der Waals surface area contributed by atoms with Crippen molar-refractivity contribution in [2.75, 3.05) is 11.1 Å². The third kappa shape index (κ3) is 4.33. The van der Waals surface area contributed by atoms with Gasteiger partial charge in [-0.05, 0) is 62.1 Å². The number of rotatable bonds is 4. The van der Waals surface area contributed by atoms with Gasteiger partial charge in [-0.1, -0.05) is 36.4 Å². The van der Waals surface area contributed by atoms with Crippen LogP contribution in [-0.4, -0.2) is 28.1 Å². The van der Waals surface area contributed by atoms with E-state index in [1.54, 1.807) is 12.1 Å². The van der Waals surface area contributed by atoms with Gasteiger partial charge in [-0.2, -0.15) is 0 Å². The molecule has 0 saturated heterocycles. The Morgan fingerprint density at radius 1 is 1.00 bits per heavy atom. The molecule has 2 aromatic rings. The van der Waals surface area contributed by atoms with Gasteiger partial charge in [0.1, 0.15) is 10.9 Å². The van der Waals surface area contributed by atoms with Gasteiger partial charge in [-0.3, -0.25) is 9.79 Å². The Balaban J connectivity index is 1.51. The standard InChI is InChI=1S/C22H22FN3OS/c23-17-11-9-16(10-12-17)20-21(26-22(25-20)13-5-2-6-14-22)28-15-19(27)24-18-7-3-1-4-8-18/h1,3-4,7-12H,2,5-6,13-15H2,(H,24,27). The van der Waals surface area contributed by atoms with Gasteiger partial charge < -0.3 is 5.32 Å². The van der Waals surface area contributed by atoms with Crippen molar-refractivity contribution in [3.8, 4) is 0 Å². The molecule has 1 heterocycles. The van der Waals surface area contributed by atoms with Gasteiger partial charge >= 0.3 is 0 Å². The van der Waals surface area contributed by atoms with E-state index in [1.807, 2.05) is 30.3 Å². The van der Waals surface area contributed by atoms with Crippen LogP contribution in [0.4, 0.5) is 10.1 Å². The first-order chi connectivity index (χ1) is 13.6. The van der Waals surface area contributed by atoms with E-state index >= 15 is 0 Å². The molecule has 0 radical (unpaired) electrons. The monoisotopic (exact) mass is 395 g/mol. The van der Waals surface area contributed by atoms with Crippen molar-refractivity contribution in [3.63, 3.8) is 0 Å². The van der Waals surface area contributed by atoms with Crippen LogP contribution in [-0.2, 0) is 4.79 Å². The molecular weight excluding hydrogens is 373 g/mol. The number of benzene rings is 2. The molecular formula is C22H22FN3OS. The second kappa shape index (κ2) is 8.27. The fourth-order valence-corrected chi connectivity index (χ4v) is 4.49. The van der Waals surface area contributed by atoms with Gasteiger partial charge in [-0.15, -0.1) is 0 Å². The number of carbonyl (C=O) groups is 1. The zero-order valence-corrected chi connectivity index (χ0v) is 16.3. The molecule has 0 aromatic heterocycles. The highest BCUT2D eigenvalue weighted by Crippen LogP contribution is 2.38. The quantitative estimate of drug-likeness (QED) is 0.787. The molecule has 0 unspecified atom stereocenters. The Morgan fingerprint density at radius 3 is 2.43 bits per heavy atom. The summed E-state index contributed by atoms with van der Waals surface area (Å²) in [5, 5.41) is 3.67. The van der Waals surface area contributed by atoms with Crippen LogP contribution in [0.2, 0.25) is 0 Å². The van der Waals surface area contributed by atoms with Crippen LogP contribution >= 0.6 is 11.8 Å². The highest BCUT2D eigenvalue weighted by molar-refractivity contribution is 8.16. The van der Waals surface area contributed by atoms with E-state index in [1.165, 1.54) is 30.3 Å². The summed E-state index contributed by atoms with van der Waals surface area (Å²) in [6.07, 6.45) is 5.28. The normalized spacial score (nSPS) is 17.9. The van der Waals surface area contributed by atoms with Gasteiger partial charge in [-0.25, -0.2) is 9.38 Å². The van der Waals surface area contributed by atoms with Crippen LogP contribution in [0.5, 0.6) is 0 Å². The second-order valence-corrected chi connectivity index (χ2v) is 8.09. The topological polar surface area (TPSA) is 53.8 Å². The van der Waals surface area contributed by atoms with Gasteiger partial charge in [0.05, 0.1) is 11.5 Å². The minimum Gasteiger partial charge on any atom is -0.325 e. The number of halogens is 1. The molecule has 1 fully saturated rings. The first kappa shape index (κ1) is 18.9. The lowest BCUT2D eigenvalue weighted by molar-refractivity contribution is -0.113. The predicted molar refractivity (Wildman–Crippen MR) is 114 cm³/mol. The van der Waals surface area contributed by atoms with Crippen molar-refractivity contribution >= 4 is 34.1 Å². The zero-order valence-electron chi connectivity index (χ0n) is 15.5. The molecule has 2 aliphatic rings. The van der Waals surface area contributed by atoms with Gasteiger partial charge in [0.15, 0.2) is 5.66 Å². The summed E-state index contributed by atoms with van der Waals surface area (Å²) in [5.41, 5.74) is 2.00. The second-order valence-electron chi connectivity index (χ2n) is 7.13. The lowest BCUT2D eigenvalue weighted by atomic mass is 9.90. The van der Waals surface area contributed by atoms with Crippen LogP contribution in [0.15, 0.2) is 64.6 Å². The SMILES string of the molecule is O=C(CSC1=NC2(CCCCC2)N=C1c1ccc(F)cc1)Nc1ccccc1. The number of hydrogen-bond donors (Lipinski definition) is 1. The molecule has 6 heteroatoms. The molecule has 1 amide bonds. The lowest BCUT2D eigenvalue weighted by Crippen LogP contribution is -2.25. The summed E-state index contributed by atoms with van der Waals surface area (Å²) in [6.45, 7) is 0. The molecule has 1 spiro atoms. The predicted octanol–water partition coefficient (Wildman–Crippen LogP) is 5.06. The Hall–Kier alpha value is -2.47. The summed E-state index contributed by atoms with van der Waals surface area (Å²) in [5.74, 6) is -0.102. The molecule has 1 aliphatic heterocycles. The van der Waals surface area contributed by atoms with Crippen LogP contribution < -0.4 is 5.32 Å². The van der Waals surface area contributed by atoms with Crippen LogP contribution in [0.1, 0.15) is 37.7 Å². The highest BCUT2D eigenvalue weighted by Gasteiger charge is 2.37. The van der Waals surface area contributed by atoms with Crippen LogP contribution in [0.3, 0.4) is 0 Å². The number of thioether (sulfide) groups is 1. The summed E-state index contributed by atoms with van der Waals surface area (Å²) in [4.78, 5) is 22.2. The number of para-hydroxylation sites is 1. The van der Waals surface area contributed by atoms with Crippen molar-refractivity contribution < 1.29 is 9.18 Å². The van der Waals surface area contributed by atoms with Crippen molar-refractivity contribution in [3.05, 3.63) is 66.0 Å². The Labute approximate surface area is 168 Å². The van der Waals surface area contributed by atoms with Crippen LogP contribution in [0.25, 0.3) is 0 Å². The maximum atomic E-state index is 13.4. The fourth-order valence-electron chi connectivity index (χ4n) is 3.61. The Bertz CT molecular complexity index is 903. The largest absolute Gasteiger partial charge is 0.325 e. The highest BCUT2D eigenvalue weighted by atomic mass is 32.2. The van der Waals surface area contributed by atoms with Crippen molar-refractivity contribution in [2.24, 2.45) is 9.98 Å². The maximum absolute atomic E-state index is 13.4. The van der Waals surface area contributed by atoms with Gasteiger partial charge in [0.25, 0.3) is 0 Å².